The number of benzene rings is 1. The lowest BCUT2D eigenvalue weighted by molar-refractivity contribution is 0.188. The second-order valence-corrected chi connectivity index (χ2v) is 5.28. The molecule has 2 aromatic rings. The molecule has 5 nitrogen and oxygen atoms in total. The average Bonchev–Trinajstić information content (AvgIpc) is 2.77. The largest absolute Gasteiger partial charge is 0.495 e. The van der Waals surface area contributed by atoms with Crippen LogP contribution in [-0.2, 0) is 11.3 Å². The molecule has 1 aromatic heterocycles. The zero-order valence-electron chi connectivity index (χ0n) is 11.8. The van der Waals surface area contributed by atoms with Crippen LogP contribution in [0.15, 0.2) is 28.9 Å². The van der Waals surface area contributed by atoms with Gasteiger partial charge in [0.05, 0.1) is 25.1 Å². The third-order valence-corrected chi connectivity index (χ3v) is 3.33. The Labute approximate surface area is 127 Å². The molecular weight excluding hydrogens is 322 g/mol. The van der Waals surface area contributed by atoms with Crippen LogP contribution in [0.1, 0.15) is 5.69 Å². The van der Waals surface area contributed by atoms with Gasteiger partial charge in [-0.2, -0.15) is 0 Å². The maximum Gasteiger partial charge on any atom is 0.207 e. The highest BCUT2D eigenvalue weighted by molar-refractivity contribution is 9.10. The van der Waals surface area contributed by atoms with E-state index in [1.165, 1.54) is 0 Å². The number of nitrogens with one attached hydrogen (secondary N) is 1. The van der Waals surface area contributed by atoms with E-state index in [0.717, 1.165) is 34.1 Å². The van der Waals surface area contributed by atoms with Crippen LogP contribution in [0, 0.1) is 6.92 Å². The molecule has 0 unspecified atom stereocenters. The van der Waals surface area contributed by atoms with Crippen molar-refractivity contribution in [3.8, 4) is 5.75 Å². The van der Waals surface area contributed by atoms with Crippen molar-refractivity contribution < 1.29 is 9.47 Å². The second kappa shape index (κ2) is 6.76. The van der Waals surface area contributed by atoms with Gasteiger partial charge in [-0.05, 0) is 25.1 Å². The first-order valence-corrected chi connectivity index (χ1v) is 7.06. The normalized spacial score (nSPS) is 10.6. The predicted molar refractivity (Wildman–Crippen MR) is 82.8 cm³/mol. The van der Waals surface area contributed by atoms with E-state index < -0.39 is 0 Å². The lowest BCUT2D eigenvalue weighted by Gasteiger charge is -2.12. The van der Waals surface area contributed by atoms with Gasteiger partial charge >= 0.3 is 0 Å². The van der Waals surface area contributed by atoms with Gasteiger partial charge in [-0.25, -0.2) is 4.98 Å². The van der Waals surface area contributed by atoms with Crippen LogP contribution in [0.4, 0.5) is 11.6 Å². The highest BCUT2D eigenvalue weighted by atomic mass is 79.9. The summed E-state index contributed by atoms with van der Waals surface area (Å²) in [5, 5.41) is 3.30. The van der Waals surface area contributed by atoms with Gasteiger partial charge in [-0.3, -0.25) is 0 Å². The molecule has 2 rings (SSSR count). The number of nitrogens with zero attached hydrogens (tertiary/aromatic N) is 2. The summed E-state index contributed by atoms with van der Waals surface area (Å²) in [6.07, 6.45) is 1.99. The van der Waals surface area contributed by atoms with Crippen LogP contribution < -0.4 is 10.1 Å². The minimum atomic E-state index is 0.639. The molecule has 0 aliphatic carbocycles. The summed E-state index contributed by atoms with van der Waals surface area (Å²) in [5.41, 5.74) is 1.82. The molecule has 0 spiro atoms. The Morgan fingerprint density at radius 3 is 2.85 bits per heavy atom. The number of imidazole rings is 1. The van der Waals surface area contributed by atoms with Gasteiger partial charge in [-0.15, -0.1) is 0 Å². The first kappa shape index (κ1) is 14.9. The predicted octanol–water partition coefficient (Wildman–Crippen LogP) is 3.35. The quantitative estimate of drug-likeness (QED) is 0.876. The van der Waals surface area contributed by atoms with E-state index in [1.54, 1.807) is 14.2 Å². The summed E-state index contributed by atoms with van der Waals surface area (Å²) in [6.45, 7) is 3.35. The first-order valence-electron chi connectivity index (χ1n) is 6.27. The molecule has 0 saturated heterocycles. The topological polar surface area (TPSA) is 48.3 Å². The van der Waals surface area contributed by atoms with E-state index in [-0.39, 0.29) is 0 Å². The number of ether oxygens (including phenoxy) is 2. The Balaban J connectivity index is 2.27. The molecule has 20 heavy (non-hydrogen) atoms. The minimum absolute atomic E-state index is 0.639. The van der Waals surface area contributed by atoms with Gasteiger partial charge < -0.3 is 19.4 Å². The van der Waals surface area contributed by atoms with Crippen molar-refractivity contribution in [2.75, 3.05) is 26.1 Å². The summed E-state index contributed by atoms with van der Waals surface area (Å²) in [7, 11) is 3.34. The number of rotatable bonds is 6. The summed E-state index contributed by atoms with van der Waals surface area (Å²) in [6, 6.07) is 5.80. The Morgan fingerprint density at radius 1 is 1.35 bits per heavy atom. The molecule has 0 bridgehead atoms. The fourth-order valence-electron chi connectivity index (χ4n) is 1.90. The van der Waals surface area contributed by atoms with Gasteiger partial charge in [0.2, 0.25) is 5.95 Å². The van der Waals surface area contributed by atoms with Crippen molar-refractivity contribution in [1.29, 1.82) is 0 Å². The third kappa shape index (κ3) is 3.52. The Bertz CT molecular complexity index is 584. The molecule has 0 atom stereocenters. The molecule has 1 aromatic carbocycles. The smallest absolute Gasteiger partial charge is 0.207 e. The van der Waals surface area contributed by atoms with E-state index >= 15 is 0 Å². The SMILES string of the molecule is COCCn1cc(C)nc1Nc1cc(Br)ccc1OC. The lowest BCUT2D eigenvalue weighted by atomic mass is 10.3. The van der Waals surface area contributed by atoms with Gasteiger partial charge in [0, 0.05) is 24.3 Å². The number of aromatic nitrogens is 2. The highest BCUT2D eigenvalue weighted by Gasteiger charge is 2.09. The van der Waals surface area contributed by atoms with Crippen molar-refractivity contribution >= 4 is 27.6 Å². The molecule has 1 N–H and O–H groups in total. The lowest BCUT2D eigenvalue weighted by Crippen LogP contribution is -2.07. The molecule has 1 heterocycles. The second-order valence-electron chi connectivity index (χ2n) is 4.36. The maximum absolute atomic E-state index is 5.36. The fraction of sp³-hybridized carbons (Fsp3) is 0.357. The van der Waals surface area contributed by atoms with E-state index in [9.17, 15) is 0 Å². The standard InChI is InChI=1S/C14H18BrN3O2/c1-10-9-18(6-7-19-2)14(16-10)17-12-8-11(15)4-5-13(12)20-3/h4-5,8-9H,6-7H2,1-3H3,(H,16,17). The summed E-state index contributed by atoms with van der Waals surface area (Å²) in [4.78, 5) is 4.49. The number of aryl methyl sites for hydroxylation is 1. The monoisotopic (exact) mass is 339 g/mol. The molecule has 0 aliphatic rings. The van der Waals surface area contributed by atoms with E-state index in [1.807, 2.05) is 35.9 Å². The number of hydrogen-bond donors (Lipinski definition) is 1. The Hall–Kier alpha value is -1.53. The maximum atomic E-state index is 5.36. The molecule has 0 fully saturated rings. The Morgan fingerprint density at radius 2 is 2.15 bits per heavy atom. The van der Waals surface area contributed by atoms with Crippen molar-refractivity contribution in [2.45, 2.75) is 13.5 Å². The number of anilines is 2. The fourth-order valence-corrected chi connectivity index (χ4v) is 2.27. The zero-order valence-corrected chi connectivity index (χ0v) is 13.4. The summed E-state index contributed by atoms with van der Waals surface area (Å²) in [5.74, 6) is 1.54. The molecule has 0 radical (unpaired) electrons. The third-order valence-electron chi connectivity index (χ3n) is 2.84. The number of halogens is 1. The molecule has 0 saturated carbocycles. The first-order chi connectivity index (χ1) is 9.63. The average molecular weight is 340 g/mol. The van der Waals surface area contributed by atoms with Crippen molar-refractivity contribution in [3.63, 3.8) is 0 Å². The van der Waals surface area contributed by atoms with Crippen LogP contribution in [0.2, 0.25) is 0 Å². The molecule has 6 heteroatoms. The zero-order chi connectivity index (χ0) is 14.5. The molecule has 108 valence electrons. The van der Waals surface area contributed by atoms with Crippen LogP contribution >= 0.6 is 15.9 Å². The van der Waals surface area contributed by atoms with Crippen LogP contribution in [0.5, 0.6) is 5.75 Å². The van der Waals surface area contributed by atoms with Crippen molar-refractivity contribution in [2.24, 2.45) is 0 Å². The number of methoxy groups -OCH3 is 2. The summed E-state index contributed by atoms with van der Waals surface area (Å²) >= 11 is 3.46. The van der Waals surface area contributed by atoms with Gasteiger partial charge in [0.15, 0.2) is 0 Å². The van der Waals surface area contributed by atoms with Crippen molar-refractivity contribution in [3.05, 3.63) is 34.6 Å². The van der Waals surface area contributed by atoms with Gasteiger partial charge in [0.1, 0.15) is 5.75 Å². The highest BCUT2D eigenvalue weighted by Crippen LogP contribution is 2.30. The van der Waals surface area contributed by atoms with Gasteiger partial charge in [0.25, 0.3) is 0 Å². The van der Waals surface area contributed by atoms with Crippen LogP contribution in [0.3, 0.4) is 0 Å². The van der Waals surface area contributed by atoms with Crippen molar-refractivity contribution in [1.82, 2.24) is 9.55 Å². The minimum Gasteiger partial charge on any atom is -0.495 e. The summed E-state index contributed by atoms with van der Waals surface area (Å²) < 4.78 is 13.5. The van der Waals surface area contributed by atoms with Gasteiger partial charge in [-0.1, -0.05) is 15.9 Å². The van der Waals surface area contributed by atoms with E-state index in [4.69, 9.17) is 9.47 Å². The van der Waals surface area contributed by atoms with Crippen LogP contribution in [0.25, 0.3) is 0 Å². The van der Waals surface area contributed by atoms with Crippen LogP contribution in [-0.4, -0.2) is 30.4 Å². The number of hydrogen-bond acceptors (Lipinski definition) is 4. The Kier molecular flexibility index (Phi) is 5.03. The van der Waals surface area contributed by atoms with E-state index in [2.05, 4.69) is 26.2 Å². The molecular formula is C14H18BrN3O2. The van der Waals surface area contributed by atoms with E-state index in [0.29, 0.717) is 6.61 Å². The molecule has 0 aliphatic heterocycles. The molecule has 0 amide bonds.